The summed E-state index contributed by atoms with van der Waals surface area (Å²) in [5.74, 6) is 0.140. The average Bonchev–Trinajstić information content (AvgIpc) is 2.33. The molecule has 1 N–H and O–H groups in total. The van der Waals surface area contributed by atoms with E-state index in [9.17, 15) is 4.79 Å². The van der Waals surface area contributed by atoms with Crippen molar-refractivity contribution in [2.24, 2.45) is 0 Å². The first-order chi connectivity index (χ1) is 8.79. The van der Waals surface area contributed by atoms with E-state index in [1.165, 1.54) is 83.5 Å². The van der Waals surface area contributed by atoms with Crippen LogP contribution in [-0.2, 0) is 4.79 Å². The van der Waals surface area contributed by atoms with Gasteiger partial charge in [0.2, 0.25) is 5.91 Å². The van der Waals surface area contributed by atoms with Gasteiger partial charge in [0.05, 0.1) is 0 Å². The fraction of sp³-hybridized carbons (Fsp3) is 0.938. The Bertz CT molecular complexity index is 201. The number of hydrogen-bond acceptors (Lipinski definition) is 1. The van der Waals surface area contributed by atoms with Gasteiger partial charge in [-0.1, -0.05) is 70.6 Å². The lowest BCUT2D eigenvalue weighted by atomic mass is 9.98. The van der Waals surface area contributed by atoms with Crippen molar-refractivity contribution in [3.05, 3.63) is 0 Å². The van der Waals surface area contributed by atoms with Gasteiger partial charge in [0.1, 0.15) is 0 Å². The third kappa shape index (κ3) is 8.54. The zero-order valence-corrected chi connectivity index (χ0v) is 12.2. The van der Waals surface area contributed by atoms with E-state index in [1.54, 1.807) is 6.92 Å². The van der Waals surface area contributed by atoms with E-state index in [-0.39, 0.29) is 5.91 Å². The Morgan fingerprint density at radius 2 is 1.06 bits per heavy atom. The normalized spacial score (nSPS) is 22.1. The molecule has 1 aliphatic carbocycles. The van der Waals surface area contributed by atoms with Gasteiger partial charge in [0.25, 0.3) is 0 Å². The molecule has 0 unspecified atom stereocenters. The van der Waals surface area contributed by atoms with Crippen LogP contribution in [0.3, 0.4) is 0 Å². The van der Waals surface area contributed by atoms with E-state index in [0.29, 0.717) is 6.04 Å². The van der Waals surface area contributed by atoms with Crippen LogP contribution in [0.4, 0.5) is 0 Å². The number of hydrogen-bond donors (Lipinski definition) is 1. The number of rotatable bonds is 1. The van der Waals surface area contributed by atoms with Gasteiger partial charge >= 0.3 is 0 Å². The molecule has 0 saturated heterocycles. The van der Waals surface area contributed by atoms with Gasteiger partial charge in [-0.15, -0.1) is 0 Å². The van der Waals surface area contributed by atoms with Crippen molar-refractivity contribution in [2.45, 2.75) is 96.4 Å². The van der Waals surface area contributed by atoms with Gasteiger partial charge in [-0.05, 0) is 12.8 Å². The summed E-state index contributed by atoms with van der Waals surface area (Å²) in [6.07, 6.45) is 17.5. The maximum atomic E-state index is 11.2. The maximum Gasteiger partial charge on any atom is 0.217 e. The minimum Gasteiger partial charge on any atom is -0.354 e. The second-order valence-electron chi connectivity index (χ2n) is 5.86. The molecule has 0 aromatic carbocycles. The average molecular weight is 253 g/mol. The Morgan fingerprint density at radius 1 is 0.722 bits per heavy atom. The number of nitrogens with one attached hydrogen (secondary N) is 1. The molecule has 1 saturated carbocycles. The molecule has 1 aliphatic rings. The lowest BCUT2D eigenvalue weighted by molar-refractivity contribution is -0.119. The maximum absolute atomic E-state index is 11.2. The van der Waals surface area contributed by atoms with Crippen LogP contribution in [0.5, 0.6) is 0 Å². The summed E-state index contributed by atoms with van der Waals surface area (Å²) in [5, 5.41) is 3.12. The molecule has 0 bridgehead atoms. The summed E-state index contributed by atoms with van der Waals surface area (Å²) >= 11 is 0. The Hall–Kier alpha value is -0.530. The molecule has 0 spiro atoms. The molecule has 1 rings (SSSR count). The number of carbonyl (C=O) groups is 1. The van der Waals surface area contributed by atoms with Gasteiger partial charge in [0.15, 0.2) is 0 Å². The molecule has 0 radical (unpaired) electrons. The first-order valence-electron chi connectivity index (χ1n) is 8.06. The van der Waals surface area contributed by atoms with Crippen molar-refractivity contribution in [1.82, 2.24) is 5.32 Å². The van der Waals surface area contributed by atoms with E-state index >= 15 is 0 Å². The quantitative estimate of drug-likeness (QED) is 0.728. The third-order valence-corrected chi connectivity index (χ3v) is 4.01. The van der Waals surface area contributed by atoms with E-state index in [1.807, 2.05) is 0 Å². The molecule has 0 aliphatic heterocycles. The molecule has 2 nitrogen and oxygen atoms in total. The number of amides is 1. The Labute approximate surface area is 113 Å². The van der Waals surface area contributed by atoms with Crippen LogP contribution in [0, 0.1) is 0 Å². The summed E-state index contributed by atoms with van der Waals surface area (Å²) in [6.45, 7) is 1.64. The van der Waals surface area contributed by atoms with Crippen LogP contribution in [0.1, 0.15) is 90.4 Å². The van der Waals surface area contributed by atoms with E-state index in [4.69, 9.17) is 0 Å². The van der Waals surface area contributed by atoms with E-state index in [0.717, 1.165) is 0 Å². The van der Waals surface area contributed by atoms with Crippen molar-refractivity contribution < 1.29 is 4.79 Å². The minimum atomic E-state index is 0.140. The number of carbonyl (C=O) groups excluding carboxylic acids is 1. The lowest BCUT2D eigenvalue weighted by Gasteiger charge is -2.18. The Balaban J connectivity index is 2.26. The highest BCUT2D eigenvalue weighted by molar-refractivity contribution is 5.73. The topological polar surface area (TPSA) is 29.1 Å². The largest absolute Gasteiger partial charge is 0.354 e. The van der Waals surface area contributed by atoms with Crippen molar-refractivity contribution in [2.75, 3.05) is 0 Å². The van der Waals surface area contributed by atoms with Gasteiger partial charge in [-0.3, -0.25) is 4.79 Å². The monoisotopic (exact) mass is 253 g/mol. The molecule has 18 heavy (non-hydrogen) atoms. The highest BCUT2D eigenvalue weighted by Gasteiger charge is 2.09. The smallest absolute Gasteiger partial charge is 0.217 e. The standard InChI is InChI=1S/C16H31NO/c1-15(18)17-16-13-11-9-7-5-3-2-4-6-8-10-12-14-16/h16H,2-14H2,1H3,(H,17,18). The Kier molecular flexibility index (Phi) is 8.97. The molecule has 2 heteroatoms. The molecule has 0 aromatic heterocycles. The Morgan fingerprint density at radius 3 is 1.39 bits per heavy atom. The minimum absolute atomic E-state index is 0.140. The summed E-state index contributed by atoms with van der Waals surface area (Å²) in [7, 11) is 0. The van der Waals surface area contributed by atoms with Crippen LogP contribution in [-0.4, -0.2) is 11.9 Å². The molecule has 0 heterocycles. The van der Waals surface area contributed by atoms with Crippen LogP contribution < -0.4 is 5.32 Å². The molecule has 1 amide bonds. The lowest BCUT2D eigenvalue weighted by Crippen LogP contribution is -2.32. The summed E-state index contributed by atoms with van der Waals surface area (Å²) < 4.78 is 0. The van der Waals surface area contributed by atoms with Crippen molar-refractivity contribution in [3.8, 4) is 0 Å². The van der Waals surface area contributed by atoms with E-state index in [2.05, 4.69) is 5.32 Å². The highest BCUT2D eigenvalue weighted by atomic mass is 16.1. The van der Waals surface area contributed by atoms with Crippen molar-refractivity contribution in [3.63, 3.8) is 0 Å². The molecular weight excluding hydrogens is 222 g/mol. The van der Waals surface area contributed by atoms with Crippen LogP contribution in [0.25, 0.3) is 0 Å². The van der Waals surface area contributed by atoms with Crippen LogP contribution in [0.2, 0.25) is 0 Å². The van der Waals surface area contributed by atoms with Crippen LogP contribution in [0.15, 0.2) is 0 Å². The zero-order valence-electron chi connectivity index (χ0n) is 12.2. The molecule has 0 aromatic rings. The van der Waals surface area contributed by atoms with Gasteiger partial charge in [0, 0.05) is 13.0 Å². The molecular formula is C16H31NO. The summed E-state index contributed by atoms with van der Waals surface area (Å²) in [5.41, 5.74) is 0. The second-order valence-corrected chi connectivity index (χ2v) is 5.86. The molecule has 0 atom stereocenters. The zero-order chi connectivity index (χ0) is 13.1. The van der Waals surface area contributed by atoms with Crippen molar-refractivity contribution in [1.29, 1.82) is 0 Å². The van der Waals surface area contributed by atoms with E-state index < -0.39 is 0 Å². The van der Waals surface area contributed by atoms with Gasteiger partial charge in [-0.25, -0.2) is 0 Å². The first kappa shape index (κ1) is 15.5. The summed E-state index contributed by atoms with van der Waals surface area (Å²) in [6, 6.07) is 0.436. The molecule has 1 fully saturated rings. The molecule has 106 valence electrons. The van der Waals surface area contributed by atoms with Crippen LogP contribution >= 0.6 is 0 Å². The predicted octanol–water partition coefficient (Wildman–Crippen LogP) is 4.58. The second kappa shape index (κ2) is 10.4. The van der Waals surface area contributed by atoms with Crippen molar-refractivity contribution >= 4 is 5.91 Å². The fourth-order valence-electron chi connectivity index (χ4n) is 2.95. The predicted molar refractivity (Wildman–Crippen MR) is 77.6 cm³/mol. The first-order valence-corrected chi connectivity index (χ1v) is 8.06. The highest BCUT2D eigenvalue weighted by Crippen LogP contribution is 2.16. The van der Waals surface area contributed by atoms with Gasteiger partial charge in [-0.2, -0.15) is 0 Å². The SMILES string of the molecule is CC(=O)NC1CCCCCCCCCCCCC1. The van der Waals surface area contributed by atoms with Gasteiger partial charge < -0.3 is 5.32 Å². The third-order valence-electron chi connectivity index (χ3n) is 4.01. The fourth-order valence-corrected chi connectivity index (χ4v) is 2.95. The summed E-state index contributed by atoms with van der Waals surface area (Å²) in [4.78, 5) is 11.2.